The van der Waals surface area contributed by atoms with E-state index in [1.54, 1.807) is 17.4 Å². The summed E-state index contributed by atoms with van der Waals surface area (Å²) in [6, 6.07) is 1.77. The first-order chi connectivity index (χ1) is 10.5. The minimum absolute atomic E-state index is 0.0580. The van der Waals surface area contributed by atoms with Crippen LogP contribution in [0.5, 0.6) is 0 Å². The first-order valence-corrected chi connectivity index (χ1v) is 8.54. The van der Waals surface area contributed by atoms with E-state index in [2.05, 4.69) is 17.1 Å². The first-order valence-electron chi connectivity index (χ1n) is 7.73. The van der Waals surface area contributed by atoms with E-state index < -0.39 is 0 Å². The Morgan fingerprint density at radius 1 is 1.50 bits per heavy atom. The Bertz CT molecular complexity index is 662. The van der Waals surface area contributed by atoms with Gasteiger partial charge in [0.2, 0.25) is 5.76 Å². The van der Waals surface area contributed by atoms with Crippen LogP contribution in [-0.2, 0) is 0 Å². The Morgan fingerprint density at radius 2 is 2.32 bits per heavy atom. The molecule has 0 radical (unpaired) electrons. The van der Waals surface area contributed by atoms with E-state index >= 15 is 0 Å². The van der Waals surface area contributed by atoms with Gasteiger partial charge in [0, 0.05) is 36.1 Å². The Hall–Kier alpha value is -1.69. The minimum Gasteiger partial charge on any atom is -0.351 e. The van der Waals surface area contributed by atoms with Gasteiger partial charge in [-0.3, -0.25) is 4.79 Å². The summed E-state index contributed by atoms with van der Waals surface area (Å²) in [5.41, 5.74) is 0.826. The van der Waals surface area contributed by atoms with Gasteiger partial charge in [0.05, 0.1) is 10.7 Å². The highest BCUT2D eigenvalue weighted by Crippen LogP contribution is 2.30. The molecule has 0 unspecified atom stereocenters. The van der Waals surface area contributed by atoms with Crippen molar-refractivity contribution in [1.82, 2.24) is 15.0 Å². The van der Waals surface area contributed by atoms with Crippen molar-refractivity contribution in [3.05, 3.63) is 33.6 Å². The van der Waals surface area contributed by atoms with Gasteiger partial charge in [0.1, 0.15) is 0 Å². The van der Waals surface area contributed by atoms with Crippen LogP contribution in [-0.4, -0.2) is 34.0 Å². The van der Waals surface area contributed by atoms with Gasteiger partial charge in [-0.25, -0.2) is 4.98 Å². The van der Waals surface area contributed by atoms with E-state index in [-0.39, 0.29) is 11.8 Å². The van der Waals surface area contributed by atoms with E-state index in [1.165, 1.54) is 4.88 Å². The number of carbonyl (C=O) groups is 1. The predicted molar refractivity (Wildman–Crippen MR) is 85.3 cm³/mol. The van der Waals surface area contributed by atoms with Gasteiger partial charge < -0.3 is 9.42 Å². The molecule has 0 aromatic carbocycles. The lowest BCUT2D eigenvalue weighted by Crippen LogP contribution is -2.38. The lowest BCUT2D eigenvalue weighted by atomic mass is 9.98. The van der Waals surface area contributed by atoms with Gasteiger partial charge in [-0.15, -0.1) is 11.3 Å². The molecule has 1 atom stereocenters. The number of hydrogen-bond donors (Lipinski definition) is 0. The third-order valence-corrected chi connectivity index (χ3v) is 5.10. The second-order valence-corrected chi connectivity index (χ2v) is 7.44. The molecule has 1 aliphatic rings. The highest BCUT2D eigenvalue weighted by Gasteiger charge is 2.29. The number of hydrogen-bond acceptors (Lipinski definition) is 5. The van der Waals surface area contributed by atoms with E-state index in [0.717, 1.165) is 30.1 Å². The molecular formula is C16H21N3O2S. The minimum atomic E-state index is -0.0580. The number of aryl methyl sites for hydroxylation is 1. The Balaban J connectivity index is 1.72. The molecule has 1 aliphatic heterocycles. The fraction of sp³-hybridized carbons (Fsp3) is 0.562. The largest absolute Gasteiger partial charge is 0.351 e. The fourth-order valence-corrected chi connectivity index (χ4v) is 3.64. The second kappa shape index (κ2) is 6.20. The molecule has 5 nitrogen and oxygen atoms in total. The molecule has 0 saturated carbocycles. The molecule has 6 heteroatoms. The molecule has 1 amide bonds. The smallest absolute Gasteiger partial charge is 0.292 e. The maximum absolute atomic E-state index is 12.6. The average Bonchev–Trinajstić information content (AvgIpc) is 3.15. The third-order valence-electron chi connectivity index (χ3n) is 4.03. The number of likely N-dealkylation sites (tertiary alicyclic amines) is 1. The summed E-state index contributed by atoms with van der Waals surface area (Å²) in [7, 11) is 0. The Morgan fingerprint density at radius 3 is 2.95 bits per heavy atom. The van der Waals surface area contributed by atoms with Crippen molar-refractivity contribution in [2.75, 3.05) is 13.1 Å². The fourth-order valence-electron chi connectivity index (χ4n) is 2.74. The average molecular weight is 319 g/mol. The normalized spacial score (nSPS) is 18.9. The first kappa shape index (κ1) is 15.2. The summed E-state index contributed by atoms with van der Waals surface area (Å²) in [4.78, 5) is 20.2. The molecule has 0 N–H and O–H groups in total. The molecule has 22 heavy (non-hydrogen) atoms. The van der Waals surface area contributed by atoms with Gasteiger partial charge in [0.15, 0.2) is 0 Å². The van der Waals surface area contributed by atoms with Crippen LogP contribution < -0.4 is 0 Å². The lowest BCUT2D eigenvalue weighted by Gasteiger charge is -2.31. The standard InChI is InChI=1S/C16H21N3O2S/c1-10(2)13-7-14(21-18-13)16(20)19-6-4-5-12(9-19)15-17-8-11(3)22-15/h7-8,10,12H,4-6,9H2,1-3H3/t12-/m1/s1. The quantitative estimate of drug-likeness (QED) is 0.867. The number of carbonyl (C=O) groups excluding carboxylic acids is 1. The lowest BCUT2D eigenvalue weighted by molar-refractivity contribution is 0.0665. The number of aromatic nitrogens is 2. The molecule has 1 saturated heterocycles. The van der Waals surface area contributed by atoms with Gasteiger partial charge in [-0.05, 0) is 25.7 Å². The number of amides is 1. The van der Waals surface area contributed by atoms with Crippen LogP contribution in [0.25, 0.3) is 0 Å². The van der Waals surface area contributed by atoms with Crippen LogP contribution in [0, 0.1) is 6.92 Å². The van der Waals surface area contributed by atoms with Crippen LogP contribution in [0.4, 0.5) is 0 Å². The van der Waals surface area contributed by atoms with Crippen LogP contribution in [0.2, 0.25) is 0 Å². The maximum atomic E-state index is 12.6. The van der Waals surface area contributed by atoms with Crippen molar-refractivity contribution in [1.29, 1.82) is 0 Å². The van der Waals surface area contributed by atoms with Crippen molar-refractivity contribution in [2.45, 2.75) is 45.4 Å². The molecule has 0 aliphatic carbocycles. The molecular weight excluding hydrogens is 298 g/mol. The van der Waals surface area contributed by atoms with Crippen molar-refractivity contribution in [3.8, 4) is 0 Å². The molecule has 118 valence electrons. The topological polar surface area (TPSA) is 59.2 Å². The van der Waals surface area contributed by atoms with Crippen LogP contribution in [0.1, 0.15) is 64.7 Å². The van der Waals surface area contributed by atoms with E-state index in [1.807, 2.05) is 24.9 Å². The van der Waals surface area contributed by atoms with Crippen LogP contribution in [0.3, 0.4) is 0 Å². The maximum Gasteiger partial charge on any atom is 0.292 e. The Kier molecular flexibility index (Phi) is 4.29. The summed E-state index contributed by atoms with van der Waals surface area (Å²) in [6.45, 7) is 7.62. The molecule has 2 aromatic rings. The zero-order valence-corrected chi connectivity index (χ0v) is 14.0. The van der Waals surface area contributed by atoms with E-state index in [0.29, 0.717) is 18.2 Å². The SMILES string of the molecule is Cc1cnc([C@@H]2CCCN(C(=O)c3cc(C(C)C)no3)C2)s1. The van der Waals surface area contributed by atoms with Gasteiger partial charge in [-0.2, -0.15) is 0 Å². The highest BCUT2D eigenvalue weighted by molar-refractivity contribution is 7.11. The summed E-state index contributed by atoms with van der Waals surface area (Å²) < 4.78 is 5.23. The third kappa shape index (κ3) is 3.06. The zero-order valence-electron chi connectivity index (χ0n) is 13.2. The number of piperidine rings is 1. The summed E-state index contributed by atoms with van der Waals surface area (Å²) in [5, 5.41) is 5.11. The molecule has 3 heterocycles. The summed E-state index contributed by atoms with van der Waals surface area (Å²) in [5.74, 6) is 0.888. The van der Waals surface area contributed by atoms with Crippen molar-refractivity contribution in [2.24, 2.45) is 0 Å². The molecule has 2 aromatic heterocycles. The second-order valence-electron chi connectivity index (χ2n) is 6.17. The van der Waals surface area contributed by atoms with Crippen LogP contribution >= 0.6 is 11.3 Å². The summed E-state index contributed by atoms with van der Waals surface area (Å²) >= 11 is 1.73. The van der Waals surface area contributed by atoms with Gasteiger partial charge in [0.25, 0.3) is 5.91 Å². The molecule has 0 bridgehead atoms. The van der Waals surface area contributed by atoms with E-state index in [9.17, 15) is 4.79 Å². The molecule has 1 fully saturated rings. The predicted octanol–water partition coefficient (Wildman–Crippen LogP) is 3.58. The van der Waals surface area contributed by atoms with Crippen molar-refractivity contribution < 1.29 is 9.32 Å². The zero-order chi connectivity index (χ0) is 15.7. The monoisotopic (exact) mass is 319 g/mol. The Labute approximate surface area is 134 Å². The number of rotatable bonds is 3. The molecule has 0 spiro atoms. The highest BCUT2D eigenvalue weighted by atomic mass is 32.1. The van der Waals surface area contributed by atoms with E-state index in [4.69, 9.17) is 4.52 Å². The van der Waals surface area contributed by atoms with Gasteiger partial charge in [-0.1, -0.05) is 19.0 Å². The molecule has 3 rings (SSSR count). The van der Waals surface area contributed by atoms with Gasteiger partial charge >= 0.3 is 0 Å². The van der Waals surface area contributed by atoms with Crippen LogP contribution in [0.15, 0.2) is 16.8 Å². The van der Waals surface area contributed by atoms with Crippen molar-refractivity contribution in [3.63, 3.8) is 0 Å². The number of thiazole rings is 1. The summed E-state index contributed by atoms with van der Waals surface area (Å²) in [6.07, 6.45) is 4.00. The number of nitrogens with zero attached hydrogens (tertiary/aromatic N) is 3. The van der Waals surface area contributed by atoms with Crippen molar-refractivity contribution >= 4 is 17.2 Å².